The smallest absolute Gasteiger partial charge is 0.132 e. The molecule has 0 amide bonds. The summed E-state index contributed by atoms with van der Waals surface area (Å²) in [7, 11) is 0. The molecule has 0 aliphatic heterocycles. The Labute approximate surface area is 115 Å². The minimum Gasteiger partial charge on any atom is -0.392 e. The molecule has 2 aromatic carbocycles. The predicted octanol–water partition coefficient (Wildman–Crippen LogP) is 2.57. The zero-order chi connectivity index (χ0) is 13.9. The van der Waals surface area contributed by atoms with E-state index in [1.165, 1.54) is 10.7 Å². The first-order valence-electron chi connectivity index (χ1n) is 6.16. The third-order valence-corrected chi connectivity index (χ3v) is 3.05. The molecule has 4 nitrogen and oxygen atoms in total. The van der Waals surface area contributed by atoms with Crippen LogP contribution in [0.15, 0.2) is 54.7 Å². The van der Waals surface area contributed by atoms with Gasteiger partial charge in [0.15, 0.2) is 0 Å². The number of hydrogen-bond donors (Lipinski definition) is 1. The molecule has 0 fully saturated rings. The van der Waals surface area contributed by atoms with E-state index in [9.17, 15) is 9.50 Å². The van der Waals surface area contributed by atoms with Crippen LogP contribution < -0.4 is 0 Å². The van der Waals surface area contributed by atoms with Crippen LogP contribution in [0.2, 0.25) is 0 Å². The number of halogens is 1. The van der Waals surface area contributed by atoms with E-state index in [0.29, 0.717) is 11.3 Å². The zero-order valence-electron chi connectivity index (χ0n) is 10.6. The first kappa shape index (κ1) is 12.5. The quantitative estimate of drug-likeness (QED) is 0.795. The molecule has 20 heavy (non-hydrogen) atoms. The normalized spacial score (nSPS) is 10.7. The molecule has 0 unspecified atom stereocenters. The molecule has 100 valence electrons. The summed E-state index contributed by atoms with van der Waals surface area (Å²) in [5.74, 6) is -0.338. The number of benzene rings is 2. The summed E-state index contributed by atoms with van der Waals surface area (Å²) in [5.41, 5.74) is 2.32. The van der Waals surface area contributed by atoms with Crippen LogP contribution >= 0.6 is 0 Å². The van der Waals surface area contributed by atoms with Gasteiger partial charge < -0.3 is 5.11 Å². The minimum atomic E-state index is -0.338. The molecule has 0 bridgehead atoms. The molecular formula is C15H12FN3O. The van der Waals surface area contributed by atoms with E-state index in [1.54, 1.807) is 30.5 Å². The Morgan fingerprint density at radius 3 is 2.60 bits per heavy atom. The van der Waals surface area contributed by atoms with Crippen molar-refractivity contribution in [2.75, 3.05) is 0 Å². The Balaban J connectivity index is 2.05. The molecule has 1 N–H and O–H groups in total. The lowest BCUT2D eigenvalue weighted by Gasteiger charge is -2.05. The molecule has 3 aromatic rings. The molecule has 3 rings (SSSR count). The summed E-state index contributed by atoms with van der Waals surface area (Å²) < 4.78 is 15.3. The number of nitrogens with zero attached hydrogens (tertiary/aromatic N) is 3. The lowest BCUT2D eigenvalue weighted by Crippen LogP contribution is -2.00. The van der Waals surface area contributed by atoms with Gasteiger partial charge in [0.1, 0.15) is 11.5 Å². The van der Waals surface area contributed by atoms with Crippen LogP contribution in [-0.2, 0) is 6.61 Å². The van der Waals surface area contributed by atoms with Crippen molar-refractivity contribution in [2.24, 2.45) is 0 Å². The summed E-state index contributed by atoms with van der Waals surface area (Å²) in [6, 6.07) is 13.7. The lowest BCUT2D eigenvalue weighted by molar-refractivity contribution is 0.281. The molecule has 1 aromatic heterocycles. The fraction of sp³-hybridized carbons (Fsp3) is 0.0667. The van der Waals surface area contributed by atoms with Gasteiger partial charge in [-0.25, -0.2) is 9.07 Å². The number of aliphatic hydroxyl groups excluding tert-OH is 1. The molecule has 0 aliphatic rings. The zero-order valence-corrected chi connectivity index (χ0v) is 10.6. The monoisotopic (exact) mass is 269 g/mol. The summed E-state index contributed by atoms with van der Waals surface area (Å²) in [6.45, 7) is -0.0922. The average Bonchev–Trinajstić information content (AvgIpc) is 2.97. The van der Waals surface area contributed by atoms with Gasteiger partial charge in [-0.3, -0.25) is 0 Å². The van der Waals surface area contributed by atoms with Gasteiger partial charge in [0.05, 0.1) is 18.5 Å². The Morgan fingerprint density at radius 2 is 1.80 bits per heavy atom. The van der Waals surface area contributed by atoms with Gasteiger partial charge in [-0.2, -0.15) is 0 Å². The largest absolute Gasteiger partial charge is 0.392 e. The number of aromatic nitrogens is 3. The van der Waals surface area contributed by atoms with Gasteiger partial charge in [0, 0.05) is 11.1 Å². The second kappa shape index (κ2) is 5.22. The van der Waals surface area contributed by atoms with Crippen molar-refractivity contribution >= 4 is 0 Å². The summed E-state index contributed by atoms with van der Waals surface area (Å²) in [4.78, 5) is 0. The highest BCUT2D eigenvalue weighted by molar-refractivity contribution is 5.59. The fourth-order valence-corrected chi connectivity index (χ4v) is 2.04. The average molecular weight is 269 g/mol. The van der Waals surface area contributed by atoms with E-state index in [0.717, 1.165) is 11.3 Å². The van der Waals surface area contributed by atoms with Crippen LogP contribution in [0, 0.1) is 5.82 Å². The Bertz CT molecular complexity index is 739. The van der Waals surface area contributed by atoms with Crippen molar-refractivity contribution in [3.8, 4) is 16.9 Å². The SMILES string of the molecule is OCc1ccccc1-n1cc(-c2ccccc2F)nn1. The van der Waals surface area contributed by atoms with Crippen molar-refractivity contribution in [3.05, 3.63) is 66.1 Å². The number of aliphatic hydroxyl groups is 1. The van der Waals surface area contributed by atoms with E-state index in [-0.39, 0.29) is 12.4 Å². The van der Waals surface area contributed by atoms with Crippen molar-refractivity contribution < 1.29 is 9.50 Å². The summed E-state index contributed by atoms with van der Waals surface area (Å²) >= 11 is 0. The van der Waals surface area contributed by atoms with Gasteiger partial charge in [0.25, 0.3) is 0 Å². The summed E-state index contributed by atoms with van der Waals surface area (Å²) in [5, 5.41) is 17.3. The van der Waals surface area contributed by atoms with Crippen LogP contribution in [0.1, 0.15) is 5.56 Å². The third-order valence-electron chi connectivity index (χ3n) is 3.05. The molecule has 0 radical (unpaired) electrons. The van der Waals surface area contributed by atoms with Gasteiger partial charge in [0.2, 0.25) is 0 Å². The maximum Gasteiger partial charge on any atom is 0.132 e. The number of rotatable bonds is 3. The number of para-hydroxylation sites is 1. The van der Waals surface area contributed by atoms with Crippen molar-refractivity contribution in [1.82, 2.24) is 15.0 Å². The van der Waals surface area contributed by atoms with Crippen LogP contribution in [0.5, 0.6) is 0 Å². The van der Waals surface area contributed by atoms with Gasteiger partial charge in [-0.15, -0.1) is 5.10 Å². The second-order valence-corrected chi connectivity index (χ2v) is 4.32. The van der Waals surface area contributed by atoms with Crippen LogP contribution in [0.25, 0.3) is 16.9 Å². The van der Waals surface area contributed by atoms with Crippen LogP contribution in [0.3, 0.4) is 0 Å². The van der Waals surface area contributed by atoms with E-state index >= 15 is 0 Å². The third kappa shape index (κ3) is 2.19. The molecule has 0 atom stereocenters. The van der Waals surface area contributed by atoms with Gasteiger partial charge in [-0.1, -0.05) is 35.5 Å². The number of hydrogen-bond acceptors (Lipinski definition) is 3. The molecule has 5 heteroatoms. The first-order chi connectivity index (χ1) is 9.79. The molecule has 0 aliphatic carbocycles. The van der Waals surface area contributed by atoms with E-state index < -0.39 is 0 Å². The van der Waals surface area contributed by atoms with Crippen LogP contribution in [0.4, 0.5) is 4.39 Å². The highest BCUT2D eigenvalue weighted by atomic mass is 19.1. The topological polar surface area (TPSA) is 50.9 Å². The maximum atomic E-state index is 13.7. The van der Waals surface area contributed by atoms with Crippen molar-refractivity contribution in [1.29, 1.82) is 0 Å². The Hall–Kier alpha value is -2.53. The van der Waals surface area contributed by atoms with Crippen molar-refractivity contribution in [2.45, 2.75) is 6.61 Å². The Kier molecular flexibility index (Phi) is 3.26. The maximum absolute atomic E-state index is 13.7. The molecule has 0 saturated heterocycles. The van der Waals surface area contributed by atoms with Gasteiger partial charge >= 0.3 is 0 Å². The molecule has 1 heterocycles. The van der Waals surface area contributed by atoms with E-state index in [4.69, 9.17) is 0 Å². The fourth-order valence-electron chi connectivity index (χ4n) is 2.04. The highest BCUT2D eigenvalue weighted by Gasteiger charge is 2.10. The predicted molar refractivity (Wildman–Crippen MR) is 72.7 cm³/mol. The molecular weight excluding hydrogens is 257 g/mol. The standard InChI is InChI=1S/C15H12FN3O/c16-13-7-3-2-6-12(13)14-9-19(18-17-14)15-8-4-1-5-11(15)10-20/h1-9,20H,10H2. The van der Waals surface area contributed by atoms with Gasteiger partial charge in [-0.05, 0) is 18.2 Å². The summed E-state index contributed by atoms with van der Waals surface area (Å²) in [6.07, 6.45) is 1.65. The first-order valence-corrected chi connectivity index (χ1v) is 6.16. The van der Waals surface area contributed by atoms with E-state index in [2.05, 4.69) is 10.3 Å². The minimum absolute atomic E-state index is 0.0922. The lowest BCUT2D eigenvalue weighted by atomic mass is 10.1. The molecule has 0 spiro atoms. The second-order valence-electron chi connectivity index (χ2n) is 4.32. The Morgan fingerprint density at radius 1 is 1.05 bits per heavy atom. The molecule has 0 saturated carbocycles. The van der Waals surface area contributed by atoms with E-state index in [1.807, 2.05) is 18.2 Å². The van der Waals surface area contributed by atoms with Crippen molar-refractivity contribution in [3.63, 3.8) is 0 Å². The van der Waals surface area contributed by atoms with Crippen LogP contribution in [-0.4, -0.2) is 20.1 Å². The highest BCUT2D eigenvalue weighted by Crippen LogP contribution is 2.21.